The van der Waals surface area contributed by atoms with Crippen molar-refractivity contribution in [2.24, 2.45) is 0 Å². The van der Waals surface area contributed by atoms with Crippen LogP contribution >= 0.6 is 0 Å². The van der Waals surface area contributed by atoms with Crippen molar-refractivity contribution in [1.29, 1.82) is 0 Å². The third kappa shape index (κ3) is 4.14. The number of nitro groups is 1. The summed E-state index contributed by atoms with van der Waals surface area (Å²) in [6.45, 7) is 1.18. The first-order valence-electron chi connectivity index (χ1n) is 7.82. The SMILES string of the molecule is O=C(NCCNc1ccc([N+](=O)[O-])cc1)C1=Cc2ccccc2OC1. The van der Waals surface area contributed by atoms with Crippen molar-refractivity contribution in [3.8, 4) is 5.75 Å². The van der Waals surface area contributed by atoms with Crippen LogP contribution in [0.2, 0.25) is 0 Å². The second-order valence-corrected chi connectivity index (χ2v) is 5.48. The standard InChI is InChI=1S/C18H17N3O4/c22-18(14-11-13-3-1-2-4-17(13)25-12-14)20-10-9-19-15-5-7-16(8-6-15)21(23)24/h1-8,11,19H,9-10,12H2,(H,20,22). The van der Waals surface area contributed by atoms with Crippen LogP contribution in [0.1, 0.15) is 5.56 Å². The van der Waals surface area contributed by atoms with E-state index in [-0.39, 0.29) is 18.2 Å². The lowest BCUT2D eigenvalue weighted by atomic mass is 10.1. The number of hydrogen-bond acceptors (Lipinski definition) is 5. The number of para-hydroxylation sites is 1. The lowest BCUT2D eigenvalue weighted by Gasteiger charge is -2.17. The number of non-ortho nitro benzene ring substituents is 1. The van der Waals surface area contributed by atoms with Crippen LogP contribution in [0.5, 0.6) is 5.75 Å². The molecule has 0 fully saturated rings. The molecule has 0 radical (unpaired) electrons. The molecule has 0 aliphatic carbocycles. The van der Waals surface area contributed by atoms with Crippen molar-refractivity contribution >= 4 is 23.4 Å². The summed E-state index contributed by atoms with van der Waals surface area (Å²) in [5.41, 5.74) is 2.27. The van der Waals surface area contributed by atoms with Gasteiger partial charge in [0.1, 0.15) is 12.4 Å². The summed E-state index contributed by atoms with van der Waals surface area (Å²) in [6, 6.07) is 13.7. The Morgan fingerprint density at radius 3 is 2.64 bits per heavy atom. The molecule has 0 spiro atoms. The van der Waals surface area contributed by atoms with Gasteiger partial charge in [-0.2, -0.15) is 0 Å². The second kappa shape index (κ2) is 7.48. The van der Waals surface area contributed by atoms with Crippen LogP contribution in [-0.2, 0) is 4.79 Å². The Balaban J connectivity index is 1.47. The molecule has 2 aromatic carbocycles. The third-order valence-electron chi connectivity index (χ3n) is 3.74. The zero-order valence-corrected chi connectivity index (χ0v) is 13.4. The van der Waals surface area contributed by atoms with Gasteiger partial charge in [0.15, 0.2) is 0 Å². The zero-order valence-electron chi connectivity index (χ0n) is 13.4. The van der Waals surface area contributed by atoms with E-state index in [0.29, 0.717) is 18.7 Å². The topological polar surface area (TPSA) is 93.5 Å². The maximum atomic E-state index is 12.2. The molecule has 128 valence electrons. The number of benzene rings is 2. The molecular weight excluding hydrogens is 322 g/mol. The molecule has 0 aromatic heterocycles. The summed E-state index contributed by atoms with van der Waals surface area (Å²) in [5.74, 6) is 0.610. The molecule has 0 saturated heterocycles. The summed E-state index contributed by atoms with van der Waals surface area (Å²) >= 11 is 0. The first-order chi connectivity index (χ1) is 12.1. The molecule has 1 heterocycles. The van der Waals surface area contributed by atoms with Gasteiger partial charge >= 0.3 is 0 Å². The van der Waals surface area contributed by atoms with Gasteiger partial charge in [0.25, 0.3) is 11.6 Å². The molecule has 1 aliphatic heterocycles. The predicted octanol–water partition coefficient (Wildman–Crippen LogP) is 2.60. The number of nitrogens with zero attached hydrogens (tertiary/aromatic N) is 1. The number of ether oxygens (including phenoxy) is 1. The Hall–Kier alpha value is -3.35. The average Bonchev–Trinajstić information content (AvgIpc) is 2.65. The summed E-state index contributed by atoms with van der Waals surface area (Å²) in [6.07, 6.45) is 1.83. The third-order valence-corrected chi connectivity index (χ3v) is 3.74. The minimum atomic E-state index is -0.442. The molecule has 2 aromatic rings. The van der Waals surface area contributed by atoms with Crippen molar-refractivity contribution in [1.82, 2.24) is 5.32 Å². The monoisotopic (exact) mass is 339 g/mol. The van der Waals surface area contributed by atoms with E-state index >= 15 is 0 Å². The molecule has 0 atom stereocenters. The molecule has 1 aliphatic rings. The van der Waals surface area contributed by atoms with Crippen LogP contribution in [0.4, 0.5) is 11.4 Å². The summed E-state index contributed by atoms with van der Waals surface area (Å²) in [5, 5.41) is 16.5. The Morgan fingerprint density at radius 2 is 1.88 bits per heavy atom. The molecule has 7 nitrogen and oxygen atoms in total. The van der Waals surface area contributed by atoms with Crippen LogP contribution in [0.3, 0.4) is 0 Å². The number of carbonyl (C=O) groups excluding carboxylic acids is 1. The van der Waals surface area contributed by atoms with E-state index in [4.69, 9.17) is 4.74 Å². The van der Waals surface area contributed by atoms with E-state index in [1.54, 1.807) is 12.1 Å². The Labute approximate surface area is 144 Å². The number of rotatable bonds is 6. The normalized spacial score (nSPS) is 12.4. The molecule has 2 N–H and O–H groups in total. The highest BCUT2D eigenvalue weighted by Gasteiger charge is 2.16. The molecule has 3 rings (SSSR count). The van der Waals surface area contributed by atoms with Gasteiger partial charge in [-0.15, -0.1) is 0 Å². The number of anilines is 1. The summed E-state index contributed by atoms with van der Waals surface area (Å²) < 4.78 is 5.56. The van der Waals surface area contributed by atoms with E-state index in [1.807, 2.05) is 30.3 Å². The van der Waals surface area contributed by atoms with Crippen molar-refractivity contribution in [2.45, 2.75) is 0 Å². The second-order valence-electron chi connectivity index (χ2n) is 5.48. The van der Waals surface area contributed by atoms with Gasteiger partial charge in [0, 0.05) is 36.5 Å². The fourth-order valence-electron chi connectivity index (χ4n) is 2.44. The van der Waals surface area contributed by atoms with Crippen LogP contribution in [0.25, 0.3) is 6.08 Å². The zero-order chi connectivity index (χ0) is 17.6. The minimum absolute atomic E-state index is 0.0448. The van der Waals surface area contributed by atoms with E-state index in [2.05, 4.69) is 10.6 Å². The molecule has 25 heavy (non-hydrogen) atoms. The minimum Gasteiger partial charge on any atom is -0.488 e. The van der Waals surface area contributed by atoms with Gasteiger partial charge in [0.05, 0.1) is 10.5 Å². The van der Waals surface area contributed by atoms with E-state index < -0.39 is 4.92 Å². The summed E-state index contributed by atoms with van der Waals surface area (Å²) in [7, 11) is 0. The smallest absolute Gasteiger partial charge is 0.269 e. The van der Waals surface area contributed by atoms with Gasteiger partial charge in [-0.05, 0) is 24.3 Å². The van der Waals surface area contributed by atoms with Crippen LogP contribution in [-0.4, -0.2) is 30.5 Å². The molecular formula is C18H17N3O4. The van der Waals surface area contributed by atoms with Gasteiger partial charge in [-0.1, -0.05) is 18.2 Å². The molecule has 0 unspecified atom stereocenters. The van der Waals surface area contributed by atoms with Crippen LogP contribution in [0.15, 0.2) is 54.1 Å². The highest BCUT2D eigenvalue weighted by molar-refractivity contribution is 5.99. The summed E-state index contributed by atoms with van der Waals surface area (Å²) in [4.78, 5) is 22.3. The van der Waals surface area contributed by atoms with Gasteiger partial charge < -0.3 is 15.4 Å². The highest BCUT2D eigenvalue weighted by atomic mass is 16.6. The Morgan fingerprint density at radius 1 is 1.12 bits per heavy atom. The largest absolute Gasteiger partial charge is 0.488 e. The van der Waals surface area contributed by atoms with Gasteiger partial charge in [0.2, 0.25) is 0 Å². The highest BCUT2D eigenvalue weighted by Crippen LogP contribution is 2.25. The van der Waals surface area contributed by atoms with Crippen LogP contribution < -0.4 is 15.4 Å². The number of fused-ring (bicyclic) bond motifs is 1. The Kier molecular flexibility index (Phi) is 4.94. The first kappa shape index (κ1) is 16.5. The quantitative estimate of drug-likeness (QED) is 0.479. The molecule has 7 heteroatoms. The maximum Gasteiger partial charge on any atom is 0.269 e. The van der Waals surface area contributed by atoms with Crippen molar-refractivity contribution in [3.05, 3.63) is 69.8 Å². The lowest BCUT2D eigenvalue weighted by molar-refractivity contribution is -0.384. The van der Waals surface area contributed by atoms with E-state index in [0.717, 1.165) is 17.0 Å². The predicted molar refractivity (Wildman–Crippen MR) is 94.5 cm³/mol. The van der Waals surface area contributed by atoms with E-state index in [9.17, 15) is 14.9 Å². The average molecular weight is 339 g/mol. The van der Waals surface area contributed by atoms with Crippen molar-refractivity contribution < 1.29 is 14.5 Å². The number of carbonyl (C=O) groups is 1. The fourth-order valence-corrected chi connectivity index (χ4v) is 2.44. The van der Waals surface area contributed by atoms with Gasteiger partial charge in [-0.25, -0.2) is 0 Å². The first-order valence-corrected chi connectivity index (χ1v) is 7.82. The fraction of sp³-hybridized carbons (Fsp3) is 0.167. The van der Waals surface area contributed by atoms with Gasteiger partial charge in [-0.3, -0.25) is 14.9 Å². The number of nitrogens with one attached hydrogen (secondary N) is 2. The maximum absolute atomic E-state index is 12.2. The molecule has 0 saturated carbocycles. The van der Waals surface area contributed by atoms with Crippen LogP contribution in [0, 0.1) is 10.1 Å². The molecule has 0 bridgehead atoms. The van der Waals surface area contributed by atoms with Crippen molar-refractivity contribution in [2.75, 3.05) is 25.0 Å². The number of amides is 1. The number of hydrogen-bond donors (Lipinski definition) is 2. The van der Waals surface area contributed by atoms with Crippen molar-refractivity contribution in [3.63, 3.8) is 0 Å². The number of nitro benzene ring substituents is 1. The Bertz CT molecular complexity index is 815. The lowest BCUT2D eigenvalue weighted by Crippen LogP contribution is -2.32. The molecule has 1 amide bonds. The van der Waals surface area contributed by atoms with E-state index in [1.165, 1.54) is 12.1 Å².